The molecule has 1 saturated carbocycles. The zero-order valence-corrected chi connectivity index (χ0v) is 15.7. The van der Waals surface area contributed by atoms with Crippen LogP contribution in [0.2, 0.25) is 0 Å². The van der Waals surface area contributed by atoms with Crippen LogP contribution in [0.4, 0.5) is 4.79 Å². The minimum Gasteiger partial charge on any atom is -0.493 e. The summed E-state index contributed by atoms with van der Waals surface area (Å²) < 4.78 is 11.3. The Kier molecular flexibility index (Phi) is 4.92. The fourth-order valence-electron chi connectivity index (χ4n) is 3.69. The topological polar surface area (TPSA) is 50.8 Å². The molecule has 2 aromatic rings. The number of nitrogens with zero attached hydrogens (tertiary/aromatic N) is 1. The van der Waals surface area contributed by atoms with Crippen molar-refractivity contribution < 1.29 is 14.3 Å². The van der Waals surface area contributed by atoms with Crippen LogP contribution in [0.15, 0.2) is 48.5 Å². The summed E-state index contributed by atoms with van der Waals surface area (Å²) in [5.74, 6) is 1.47. The molecule has 0 aromatic heterocycles. The molecule has 142 valence electrons. The van der Waals surface area contributed by atoms with Crippen molar-refractivity contribution in [1.29, 1.82) is 0 Å². The van der Waals surface area contributed by atoms with E-state index in [-0.39, 0.29) is 11.6 Å². The van der Waals surface area contributed by atoms with Gasteiger partial charge in [-0.3, -0.25) is 0 Å². The molecule has 4 rings (SSSR count). The number of benzene rings is 2. The third-order valence-corrected chi connectivity index (χ3v) is 5.36. The summed E-state index contributed by atoms with van der Waals surface area (Å²) in [7, 11) is 1.64. The summed E-state index contributed by atoms with van der Waals surface area (Å²) in [5.41, 5.74) is 2.16. The van der Waals surface area contributed by atoms with Gasteiger partial charge in [0, 0.05) is 17.6 Å². The van der Waals surface area contributed by atoms with Crippen molar-refractivity contribution in [2.75, 3.05) is 20.3 Å². The van der Waals surface area contributed by atoms with Gasteiger partial charge in [-0.15, -0.1) is 0 Å². The predicted molar refractivity (Wildman–Crippen MR) is 104 cm³/mol. The molecule has 1 N–H and O–H groups in total. The maximum atomic E-state index is 13.0. The summed E-state index contributed by atoms with van der Waals surface area (Å²) in [5, 5.41) is 3.31. The van der Waals surface area contributed by atoms with E-state index in [1.54, 1.807) is 7.11 Å². The number of nitrogens with one attached hydrogen (secondary N) is 1. The number of methoxy groups -OCH3 is 1. The lowest BCUT2D eigenvalue weighted by Gasteiger charge is -2.29. The number of urea groups is 1. The average Bonchev–Trinajstić information content (AvgIpc) is 3.41. The Morgan fingerprint density at radius 1 is 1.19 bits per heavy atom. The molecule has 27 heavy (non-hydrogen) atoms. The van der Waals surface area contributed by atoms with Crippen LogP contribution in [-0.4, -0.2) is 36.7 Å². The highest BCUT2D eigenvalue weighted by Gasteiger charge is 2.44. The number of amides is 2. The molecule has 1 fully saturated rings. The van der Waals surface area contributed by atoms with Gasteiger partial charge in [-0.05, 0) is 37.3 Å². The molecule has 1 aliphatic heterocycles. The molecule has 5 nitrogen and oxygen atoms in total. The number of carbonyl (C=O) groups excluding carboxylic acids is 1. The van der Waals surface area contributed by atoms with Crippen molar-refractivity contribution in [2.24, 2.45) is 0 Å². The lowest BCUT2D eigenvalue weighted by molar-refractivity contribution is 0.175. The lowest BCUT2D eigenvalue weighted by Crippen LogP contribution is -2.47. The summed E-state index contributed by atoms with van der Waals surface area (Å²) in [4.78, 5) is 14.9. The van der Waals surface area contributed by atoms with E-state index in [1.807, 2.05) is 29.2 Å². The van der Waals surface area contributed by atoms with Gasteiger partial charge in [-0.2, -0.15) is 0 Å². The second-order valence-electron chi connectivity index (χ2n) is 7.44. The smallest absolute Gasteiger partial charge is 0.318 e. The second-order valence-corrected chi connectivity index (χ2v) is 7.44. The van der Waals surface area contributed by atoms with Crippen LogP contribution >= 0.6 is 0 Å². The highest BCUT2D eigenvalue weighted by atomic mass is 16.5. The molecule has 1 heterocycles. The van der Waals surface area contributed by atoms with E-state index in [0.717, 1.165) is 42.7 Å². The quantitative estimate of drug-likeness (QED) is 0.896. The van der Waals surface area contributed by atoms with Gasteiger partial charge in [0.1, 0.15) is 0 Å². The van der Waals surface area contributed by atoms with Crippen LogP contribution in [0.25, 0.3) is 0 Å². The van der Waals surface area contributed by atoms with Gasteiger partial charge < -0.3 is 19.7 Å². The van der Waals surface area contributed by atoms with Gasteiger partial charge in [0.05, 0.1) is 20.3 Å². The number of fused-ring (bicyclic) bond motifs is 1. The third-order valence-electron chi connectivity index (χ3n) is 5.36. The SMILES string of the molecule is COc1cccc2c1OCCCN(C(=O)NC1(Cc3ccccc3)CC1)C2. The van der Waals surface area contributed by atoms with E-state index in [1.165, 1.54) is 5.56 Å². The van der Waals surface area contributed by atoms with Crippen molar-refractivity contribution in [3.05, 3.63) is 59.7 Å². The van der Waals surface area contributed by atoms with Gasteiger partial charge in [-0.1, -0.05) is 42.5 Å². The van der Waals surface area contributed by atoms with Crippen LogP contribution in [-0.2, 0) is 13.0 Å². The van der Waals surface area contributed by atoms with Crippen LogP contribution in [0.1, 0.15) is 30.4 Å². The first-order valence-corrected chi connectivity index (χ1v) is 9.59. The zero-order valence-electron chi connectivity index (χ0n) is 15.7. The van der Waals surface area contributed by atoms with Crippen molar-refractivity contribution >= 4 is 6.03 Å². The fourth-order valence-corrected chi connectivity index (χ4v) is 3.69. The predicted octanol–water partition coefficient (Wildman–Crippen LogP) is 3.76. The maximum absolute atomic E-state index is 13.0. The van der Waals surface area contributed by atoms with Crippen molar-refractivity contribution in [2.45, 2.75) is 37.8 Å². The second kappa shape index (κ2) is 7.51. The Labute approximate surface area is 160 Å². The van der Waals surface area contributed by atoms with E-state index in [4.69, 9.17) is 9.47 Å². The molecular formula is C22H26N2O3. The average molecular weight is 366 g/mol. The molecule has 0 atom stereocenters. The van der Waals surface area contributed by atoms with Crippen LogP contribution in [0, 0.1) is 0 Å². The standard InChI is InChI=1S/C22H26N2O3/c1-26-19-10-5-9-18-16-24(13-6-14-27-20(18)19)21(25)23-22(11-12-22)15-17-7-3-2-4-8-17/h2-5,7-10H,6,11-16H2,1H3,(H,23,25). The van der Waals surface area contributed by atoms with Gasteiger partial charge in [0.15, 0.2) is 11.5 Å². The molecule has 0 spiro atoms. The Morgan fingerprint density at radius 3 is 2.74 bits per heavy atom. The van der Waals surface area contributed by atoms with Crippen molar-refractivity contribution in [1.82, 2.24) is 10.2 Å². The van der Waals surface area contributed by atoms with Gasteiger partial charge in [0.25, 0.3) is 0 Å². The van der Waals surface area contributed by atoms with E-state index in [9.17, 15) is 4.79 Å². The number of rotatable bonds is 4. The molecular weight excluding hydrogens is 340 g/mol. The first-order valence-electron chi connectivity index (χ1n) is 9.59. The summed E-state index contributed by atoms with van der Waals surface area (Å²) in [6.45, 7) is 1.79. The van der Waals surface area contributed by atoms with E-state index in [2.05, 4.69) is 29.6 Å². The third kappa shape index (κ3) is 4.02. The Balaban J connectivity index is 1.47. The molecule has 2 aromatic carbocycles. The largest absolute Gasteiger partial charge is 0.493 e. The monoisotopic (exact) mass is 366 g/mol. The van der Waals surface area contributed by atoms with Crippen LogP contribution in [0.3, 0.4) is 0 Å². The lowest BCUT2D eigenvalue weighted by atomic mass is 10.0. The minimum absolute atomic E-state index is 0.0131. The molecule has 5 heteroatoms. The molecule has 0 saturated heterocycles. The number of carbonyl (C=O) groups is 1. The molecule has 2 amide bonds. The number of hydrogen-bond acceptors (Lipinski definition) is 3. The van der Waals surface area contributed by atoms with Crippen LogP contribution < -0.4 is 14.8 Å². The molecule has 2 aliphatic rings. The van der Waals surface area contributed by atoms with Crippen molar-refractivity contribution in [3.63, 3.8) is 0 Å². The number of hydrogen-bond donors (Lipinski definition) is 1. The van der Waals surface area contributed by atoms with Crippen LogP contribution in [0.5, 0.6) is 11.5 Å². The summed E-state index contributed by atoms with van der Waals surface area (Å²) >= 11 is 0. The van der Waals surface area contributed by atoms with Gasteiger partial charge >= 0.3 is 6.03 Å². The van der Waals surface area contributed by atoms with E-state index in [0.29, 0.717) is 19.7 Å². The normalized spacial score (nSPS) is 17.7. The zero-order chi connectivity index (χ0) is 18.7. The Bertz CT molecular complexity index is 802. The molecule has 1 aliphatic carbocycles. The first kappa shape index (κ1) is 17.7. The Hall–Kier alpha value is -2.69. The highest BCUT2D eigenvalue weighted by molar-refractivity contribution is 5.76. The van der Waals surface area contributed by atoms with E-state index < -0.39 is 0 Å². The first-order chi connectivity index (χ1) is 13.2. The maximum Gasteiger partial charge on any atom is 0.318 e. The van der Waals surface area contributed by atoms with E-state index >= 15 is 0 Å². The summed E-state index contributed by atoms with van der Waals surface area (Å²) in [6.07, 6.45) is 3.77. The number of ether oxygens (including phenoxy) is 2. The van der Waals surface area contributed by atoms with Gasteiger partial charge in [0.2, 0.25) is 0 Å². The highest BCUT2D eigenvalue weighted by Crippen LogP contribution is 2.39. The summed E-state index contributed by atoms with van der Waals surface area (Å²) in [6, 6.07) is 16.2. The molecule has 0 bridgehead atoms. The molecule has 0 radical (unpaired) electrons. The van der Waals surface area contributed by atoms with Gasteiger partial charge in [-0.25, -0.2) is 4.79 Å². The Morgan fingerprint density at radius 2 is 2.00 bits per heavy atom. The number of para-hydroxylation sites is 1. The van der Waals surface area contributed by atoms with Crippen molar-refractivity contribution in [3.8, 4) is 11.5 Å². The molecule has 0 unspecified atom stereocenters. The minimum atomic E-state index is -0.0888. The fraction of sp³-hybridized carbons (Fsp3) is 0.409.